The summed E-state index contributed by atoms with van der Waals surface area (Å²) in [6.07, 6.45) is 2.50. The highest BCUT2D eigenvalue weighted by atomic mass is 16.2. The molecule has 6 nitrogen and oxygen atoms in total. The predicted molar refractivity (Wildman–Crippen MR) is 73.6 cm³/mol. The molecule has 0 aromatic heterocycles. The number of hydrogen-bond acceptors (Lipinski definition) is 4. The molecule has 1 aliphatic rings. The van der Waals surface area contributed by atoms with E-state index in [1.807, 2.05) is 0 Å². The molecular formula is C13H18N4O2. The normalized spacial score (nSPS) is 13.9. The summed E-state index contributed by atoms with van der Waals surface area (Å²) in [5.41, 5.74) is 12.3. The van der Waals surface area contributed by atoms with E-state index in [-0.39, 0.29) is 5.91 Å². The molecule has 1 aliphatic carbocycles. The summed E-state index contributed by atoms with van der Waals surface area (Å²) in [5, 5.41) is 5.93. The van der Waals surface area contributed by atoms with Crippen LogP contribution in [0.2, 0.25) is 0 Å². The van der Waals surface area contributed by atoms with Crippen molar-refractivity contribution in [3.63, 3.8) is 0 Å². The topological polar surface area (TPSA) is 110 Å². The molecule has 6 N–H and O–H groups in total. The van der Waals surface area contributed by atoms with Crippen LogP contribution in [0.3, 0.4) is 0 Å². The lowest BCUT2D eigenvalue weighted by atomic mass is 10.1. The van der Waals surface area contributed by atoms with Crippen molar-refractivity contribution in [1.29, 1.82) is 0 Å². The highest BCUT2D eigenvalue weighted by Crippen LogP contribution is 2.19. The van der Waals surface area contributed by atoms with Gasteiger partial charge in [-0.2, -0.15) is 0 Å². The van der Waals surface area contributed by atoms with E-state index in [1.165, 1.54) is 6.07 Å². The highest BCUT2D eigenvalue weighted by molar-refractivity contribution is 5.99. The number of primary amides is 1. The third-order valence-corrected chi connectivity index (χ3v) is 2.92. The van der Waals surface area contributed by atoms with Crippen LogP contribution >= 0.6 is 0 Å². The highest BCUT2D eigenvalue weighted by Gasteiger charge is 2.22. The van der Waals surface area contributed by atoms with Gasteiger partial charge in [0.15, 0.2) is 0 Å². The van der Waals surface area contributed by atoms with Crippen LogP contribution in [0, 0.1) is 0 Å². The van der Waals surface area contributed by atoms with Crippen LogP contribution in [0.4, 0.5) is 11.4 Å². The number of benzene rings is 1. The Hall–Kier alpha value is -2.24. The van der Waals surface area contributed by atoms with Crippen molar-refractivity contribution in [3.8, 4) is 0 Å². The maximum Gasteiger partial charge on any atom is 0.250 e. The second-order valence-corrected chi connectivity index (χ2v) is 4.69. The summed E-state index contributed by atoms with van der Waals surface area (Å²) >= 11 is 0. The van der Waals surface area contributed by atoms with Crippen molar-refractivity contribution in [1.82, 2.24) is 5.32 Å². The predicted octanol–water partition coefficient (Wildman–Crippen LogP) is 0.448. The fourth-order valence-corrected chi connectivity index (χ4v) is 1.76. The summed E-state index contributed by atoms with van der Waals surface area (Å²) in [5.74, 6) is -0.525. The Kier molecular flexibility index (Phi) is 3.89. The molecule has 6 heteroatoms. The second kappa shape index (κ2) is 5.60. The smallest absolute Gasteiger partial charge is 0.250 e. The lowest BCUT2D eigenvalue weighted by molar-refractivity contribution is -0.120. The number of amides is 2. The third-order valence-electron chi connectivity index (χ3n) is 2.92. The molecule has 0 saturated heterocycles. The van der Waals surface area contributed by atoms with E-state index in [2.05, 4.69) is 10.6 Å². The zero-order valence-corrected chi connectivity index (χ0v) is 10.6. The van der Waals surface area contributed by atoms with Gasteiger partial charge in [0.1, 0.15) is 0 Å². The van der Waals surface area contributed by atoms with Gasteiger partial charge >= 0.3 is 0 Å². The van der Waals surface area contributed by atoms with Crippen molar-refractivity contribution in [2.45, 2.75) is 25.3 Å². The van der Waals surface area contributed by atoms with Gasteiger partial charge in [0.05, 0.1) is 5.56 Å². The fourth-order valence-electron chi connectivity index (χ4n) is 1.76. The maximum atomic E-state index is 11.5. The maximum absolute atomic E-state index is 11.5. The van der Waals surface area contributed by atoms with Crippen molar-refractivity contribution in [2.24, 2.45) is 5.73 Å². The molecule has 0 heterocycles. The minimum atomic E-state index is -0.544. The van der Waals surface area contributed by atoms with Gasteiger partial charge < -0.3 is 22.1 Å². The quantitative estimate of drug-likeness (QED) is 0.558. The Bertz CT molecular complexity index is 497. The molecule has 19 heavy (non-hydrogen) atoms. The zero-order valence-electron chi connectivity index (χ0n) is 10.6. The molecule has 102 valence electrons. The van der Waals surface area contributed by atoms with Crippen molar-refractivity contribution >= 4 is 23.2 Å². The molecule has 2 rings (SSSR count). The van der Waals surface area contributed by atoms with Gasteiger partial charge in [-0.15, -0.1) is 0 Å². The van der Waals surface area contributed by atoms with Crippen LogP contribution in [-0.4, -0.2) is 24.4 Å². The first-order valence-corrected chi connectivity index (χ1v) is 6.29. The van der Waals surface area contributed by atoms with E-state index >= 15 is 0 Å². The molecule has 1 aromatic rings. The Labute approximate surface area is 111 Å². The lowest BCUT2D eigenvalue weighted by Crippen LogP contribution is -2.27. The molecular weight excluding hydrogens is 244 g/mol. The SMILES string of the molecule is NC(=O)c1cc(N)ccc1NCCC(=O)NC1CC1. The zero-order chi connectivity index (χ0) is 13.8. The standard InChI is InChI=1S/C13H18N4O2/c14-8-1-4-11(10(7-8)13(15)19)16-6-5-12(18)17-9-2-3-9/h1,4,7,9,16H,2-3,5-6,14H2,(H2,15,19)(H,17,18). The van der Waals surface area contributed by atoms with Crippen LogP contribution in [0.25, 0.3) is 0 Å². The molecule has 0 atom stereocenters. The summed E-state index contributed by atoms with van der Waals surface area (Å²) < 4.78 is 0. The Morgan fingerprint density at radius 1 is 1.32 bits per heavy atom. The van der Waals surface area contributed by atoms with Gasteiger partial charge in [-0.25, -0.2) is 0 Å². The molecule has 0 spiro atoms. The van der Waals surface area contributed by atoms with Crippen LogP contribution < -0.4 is 22.1 Å². The van der Waals surface area contributed by atoms with Crippen molar-refractivity contribution in [2.75, 3.05) is 17.6 Å². The number of rotatable bonds is 6. The first kappa shape index (κ1) is 13.2. The average molecular weight is 262 g/mol. The molecule has 1 saturated carbocycles. The Balaban J connectivity index is 1.87. The first-order valence-electron chi connectivity index (χ1n) is 6.29. The van der Waals surface area contributed by atoms with Crippen molar-refractivity contribution in [3.05, 3.63) is 23.8 Å². The van der Waals surface area contributed by atoms with E-state index in [0.29, 0.717) is 35.9 Å². The van der Waals surface area contributed by atoms with Crippen LogP contribution in [-0.2, 0) is 4.79 Å². The van der Waals surface area contributed by atoms with E-state index in [4.69, 9.17) is 11.5 Å². The van der Waals surface area contributed by atoms with Gasteiger partial charge in [-0.1, -0.05) is 0 Å². The van der Waals surface area contributed by atoms with Crippen LogP contribution in [0.5, 0.6) is 0 Å². The molecule has 0 unspecified atom stereocenters. The van der Waals surface area contributed by atoms with E-state index in [9.17, 15) is 9.59 Å². The number of hydrogen-bond donors (Lipinski definition) is 4. The first-order chi connectivity index (χ1) is 9.06. The minimum absolute atomic E-state index is 0.0195. The largest absolute Gasteiger partial charge is 0.399 e. The second-order valence-electron chi connectivity index (χ2n) is 4.69. The lowest BCUT2D eigenvalue weighted by Gasteiger charge is -2.10. The van der Waals surface area contributed by atoms with E-state index in [0.717, 1.165) is 12.8 Å². The summed E-state index contributed by atoms with van der Waals surface area (Å²) in [6.45, 7) is 0.447. The number of nitrogens with two attached hydrogens (primary N) is 2. The van der Waals surface area contributed by atoms with Crippen LogP contribution in [0.15, 0.2) is 18.2 Å². The molecule has 0 bridgehead atoms. The number of anilines is 2. The van der Waals surface area contributed by atoms with Crippen molar-refractivity contribution < 1.29 is 9.59 Å². The average Bonchev–Trinajstić information content (AvgIpc) is 3.14. The third kappa shape index (κ3) is 3.87. The Morgan fingerprint density at radius 2 is 2.05 bits per heavy atom. The summed E-state index contributed by atoms with van der Waals surface area (Å²) in [4.78, 5) is 22.8. The molecule has 2 amide bonds. The van der Waals surface area contributed by atoms with Gasteiger partial charge in [-0.3, -0.25) is 9.59 Å². The summed E-state index contributed by atoms with van der Waals surface area (Å²) in [6, 6.07) is 5.26. The monoisotopic (exact) mass is 262 g/mol. The van der Waals surface area contributed by atoms with E-state index < -0.39 is 5.91 Å². The number of nitrogens with one attached hydrogen (secondary N) is 2. The van der Waals surface area contributed by atoms with Gasteiger partial charge in [0, 0.05) is 30.4 Å². The van der Waals surface area contributed by atoms with E-state index in [1.54, 1.807) is 12.1 Å². The molecule has 1 aromatic carbocycles. The molecule has 0 aliphatic heterocycles. The van der Waals surface area contributed by atoms with Crippen LogP contribution in [0.1, 0.15) is 29.6 Å². The summed E-state index contributed by atoms with van der Waals surface area (Å²) in [7, 11) is 0. The van der Waals surface area contributed by atoms with Gasteiger partial charge in [-0.05, 0) is 31.0 Å². The Morgan fingerprint density at radius 3 is 2.68 bits per heavy atom. The molecule has 0 radical (unpaired) electrons. The molecule has 1 fully saturated rings. The van der Waals surface area contributed by atoms with Gasteiger partial charge in [0.2, 0.25) is 5.91 Å². The minimum Gasteiger partial charge on any atom is -0.399 e. The number of carbonyl (C=O) groups excluding carboxylic acids is 2. The fraction of sp³-hybridized carbons (Fsp3) is 0.385. The number of carbonyl (C=O) groups is 2. The number of nitrogen functional groups attached to an aromatic ring is 1. The van der Waals surface area contributed by atoms with Gasteiger partial charge in [0.25, 0.3) is 5.91 Å².